The number of methoxy groups -OCH3 is 1. The van der Waals surface area contributed by atoms with Crippen LogP contribution in [-0.4, -0.2) is 19.1 Å². The average molecular weight is 348 g/mol. The van der Waals surface area contributed by atoms with Crippen molar-refractivity contribution in [3.63, 3.8) is 0 Å². The number of carbonyl (C=O) groups excluding carboxylic acids is 1. The maximum Gasteiger partial charge on any atom is 0.261 e. The van der Waals surface area contributed by atoms with Crippen LogP contribution in [0.15, 0.2) is 48.5 Å². The zero-order valence-electron chi connectivity index (χ0n) is 14.1. The minimum atomic E-state index is -0.592. The minimum absolute atomic E-state index is 0.132. The Hall–Kier alpha value is -2.20. The fourth-order valence-corrected chi connectivity index (χ4v) is 2.48. The van der Waals surface area contributed by atoms with Crippen molar-refractivity contribution in [3.8, 4) is 11.5 Å². The van der Waals surface area contributed by atoms with Gasteiger partial charge in [-0.3, -0.25) is 4.79 Å². The first-order chi connectivity index (χ1) is 11.5. The molecule has 0 aliphatic heterocycles. The van der Waals surface area contributed by atoms with E-state index in [1.807, 2.05) is 50.2 Å². The molecule has 1 amide bonds. The van der Waals surface area contributed by atoms with E-state index < -0.39 is 6.10 Å². The van der Waals surface area contributed by atoms with Gasteiger partial charge in [0.15, 0.2) is 6.10 Å². The number of hydrogen-bond acceptors (Lipinski definition) is 3. The molecule has 2 rings (SSSR count). The maximum absolute atomic E-state index is 12.5. The third kappa shape index (κ3) is 4.65. The van der Waals surface area contributed by atoms with Crippen molar-refractivity contribution in [2.45, 2.75) is 32.4 Å². The fourth-order valence-electron chi connectivity index (χ4n) is 2.30. The predicted octanol–water partition coefficient (Wildman–Crippen LogP) is 4.38. The SMILES string of the molecule is CC[C@H](Oc1ccccc1Cl)C(=O)N[C@H](C)c1ccc(OC)cc1. The Bertz CT molecular complexity index is 673. The lowest BCUT2D eigenvalue weighted by molar-refractivity contribution is -0.128. The van der Waals surface area contributed by atoms with Crippen LogP contribution in [0.1, 0.15) is 31.9 Å². The van der Waals surface area contributed by atoms with Crippen LogP contribution in [0.3, 0.4) is 0 Å². The van der Waals surface area contributed by atoms with Crippen molar-refractivity contribution in [3.05, 3.63) is 59.1 Å². The van der Waals surface area contributed by atoms with Crippen LogP contribution in [0.4, 0.5) is 0 Å². The molecule has 0 aliphatic carbocycles. The van der Waals surface area contributed by atoms with Crippen molar-refractivity contribution in [1.82, 2.24) is 5.32 Å². The van der Waals surface area contributed by atoms with Gasteiger partial charge in [-0.25, -0.2) is 0 Å². The number of ether oxygens (including phenoxy) is 2. The summed E-state index contributed by atoms with van der Waals surface area (Å²) in [4.78, 5) is 12.5. The molecule has 2 aromatic rings. The number of rotatable bonds is 7. The topological polar surface area (TPSA) is 47.6 Å². The highest BCUT2D eigenvalue weighted by atomic mass is 35.5. The second-order valence-electron chi connectivity index (χ2n) is 5.45. The maximum atomic E-state index is 12.5. The van der Waals surface area contributed by atoms with Gasteiger partial charge in [0, 0.05) is 0 Å². The minimum Gasteiger partial charge on any atom is -0.497 e. The second-order valence-corrected chi connectivity index (χ2v) is 5.86. The largest absolute Gasteiger partial charge is 0.497 e. The molecule has 0 saturated heterocycles. The predicted molar refractivity (Wildman–Crippen MR) is 95.7 cm³/mol. The Morgan fingerprint density at radius 2 is 1.83 bits per heavy atom. The van der Waals surface area contributed by atoms with Crippen molar-refractivity contribution < 1.29 is 14.3 Å². The van der Waals surface area contributed by atoms with Gasteiger partial charge in [0.2, 0.25) is 0 Å². The Labute approximate surface area is 147 Å². The molecular formula is C19H22ClNO3. The van der Waals surface area contributed by atoms with E-state index in [4.69, 9.17) is 21.1 Å². The molecule has 0 heterocycles. The van der Waals surface area contributed by atoms with Crippen LogP contribution < -0.4 is 14.8 Å². The van der Waals surface area contributed by atoms with E-state index in [1.165, 1.54) is 0 Å². The highest BCUT2D eigenvalue weighted by Crippen LogP contribution is 2.25. The molecule has 128 valence electrons. The molecule has 0 saturated carbocycles. The molecule has 2 aromatic carbocycles. The standard InChI is InChI=1S/C19H22ClNO3/c1-4-17(24-18-8-6-5-7-16(18)20)19(22)21-13(2)14-9-11-15(23-3)12-10-14/h5-13,17H,4H2,1-3H3,(H,21,22)/t13-,17+/m1/s1. The Morgan fingerprint density at radius 3 is 2.42 bits per heavy atom. The molecule has 5 heteroatoms. The van der Waals surface area contributed by atoms with Crippen LogP contribution in [0.5, 0.6) is 11.5 Å². The smallest absolute Gasteiger partial charge is 0.261 e. The third-order valence-electron chi connectivity index (χ3n) is 3.74. The van der Waals surface area contributed by atoms with E-state index in [0.717, 1.165) is 11.3 Å². The second kappa shape index (κ2) is 8.60. The normalized spacial score (nSPS) is 13.0. The molecular weight excluding hydrogens is 326 g/mol. The quantitative estimate of drug-likeness (QED) is 0.808. The summed E-state index contributed by atoms with van der Waals surface area (Å²) >= 11 is 6.09. The van der Waals surface area contributed by atoms with E-state index in [2.05, 4.69) is 5.32 Å². The summed E-state index contributed by atoms with van der Waals surface area (Å²) < 4.78 is 10.9. The Balaban J connectivity index is 2.01. The van der Waals surface area contributed by atoms with E-state index in [1.54, 1.807) is 19.2 Å². The number of hydrogen-bond donors (Lipinski definition) is 1. The molecule has 0 aliphatic rings. The van der Waals surface area contributed by atoms with Gasteiger partial charge in [-0.05, 0) is 43.2 Å². The van der Waals surface area contributed by atoms with Crippen LogP contribution in [0.2, 0.25) is 5.02 Å². The summed E-state index contributed by atoms with van der Waals surface area (Å²) in [5.41, 5.74) is 0.997. The average Bonchev–Trinajstić information content (AvgIpc) is 2.61. The summed E-state index contributed by atoms with van der Waals surface area (Å²) in [5, 5.41) is 3.47. The van der Waals surface area contributed by atoms with Crippen LogP contribution in [0.25, 0.3) is 0 Å². The van der Waals surface area contributed by atoms with Gasteiger partial charge in [0.05, 0.1) is 18.2 Å². The number of para-hydroxylation sites is 1. The van der Waals surface area contributed by atoms with Gasteiger partial charge < -0.3 is 14.8 Å². The summed E-state index contributed by atoms with van der Waals surface area (Å²) in [6.45, 7) is 3.83. The number of nitrogens with one attached hydrogen (secondary N) is 1. The highest BCUT2D eigenvalue weighted by Gasteiger charge is 2.21. The molecule has 2 atom stereocenters. The van der Waals surface area contributed by atoms with Crippen molar-refractivity contribution >= 4 is 17.5 Å². The van der Waals surface area contributed by atoms with Gasteiger partial charge in [0.1, 0.15) is 11.5 Å². The first kappa shape index (κ1) is 18.1. The lowest BCUT2D eigenvalue weighted by Crippen LogP contribution is -2.39. The molecule has 1 N–H and O–H groups in total. The van der Waals surface area contributed by atoms with Gasteiger partial charge in [-0.1, -0.05) is 42.8 Å². The fraction of sp³-hybridized carbons (Fsp3) is 0.316. The molecule has 0 fully saturated rings. The molecule has 24 heavy (non-hydrogen) atoms. The van der Waals surface area contributed by atoms with Crippen LogP contribution in [-0.2, 0) is 4.79 Å². The summed E-state index contributed by atoms with van der Waals surface area (Å²) in [6, 6.07) is 14.6. The van der Waals surface area contributed by atoms with E-state index in [-0.39, 0.29) is 11.9 Å². The monoisotopic (exact) mass is 347 g/mol. The molecule has 0 aromatic heterocycles. The highest BCUT2D eigenvalue weighted by molar-refractivity contribution is 6.32. The Morgan fingerprint density at radius 1 is 1.17 bits per heavy atom. The zero-order chi connectivity index (χ0) is 17.5. The summed E-state index contributed by atoms with van der Waals surface area (Å²) in [5.74, 6) is 1.13. The van der Waals surface area contributed by atoms with Crippen molar-refractivity contribution in [1.29, 1.82) is 0 Å². The number of halogens is 1. The van der Waals surface area contributed by atoms with Crippen molar-refractivity contribution in [2.75, 3.05) is 7.11 Å². The number of benzene rings is 2. The molecule has 0 bridgehead atoms. The lowest BCUT2D eigenvalue weighted by atomic mass is 10.1. The van der Waals surface area contributed by atoms with E-state index in [9.17, 15) is 4.79 Å². The Kier molecular flexibility index (Phi) is 6.50. The summed E-state index contributed by atoms with van der Waals surface area (Å²) in [6.07, 6.45) is -0.0440. The van der Waals surface area contributed by atoms with Gasteiger partial charge in [0.25, 0.3) is 5.91 Å². The van der Waals surface area contributed by atoms with Crippen LogP contribution in [0, 0.1) is 0 Å². The van der Waals surface area contributed by atoms with Crippen molar-refractivity contribution in [2.24, 2.45) is 0 Å². The van der Waals surface area contributed by atoms with Gasteiger partial charge >= 0.3 is 0 Å². The molecule has 4 nitrogen and oxygen atoms in total. The summed E-state index contributed by atoms with van der Waals surface area (Å²) in [7, 11) is 1.62. The molecule has 0 radical (unpaired) electrons. The molecule has 0 spiro atoms. The number of carbonyl (C=O) groups is 1. The first-order valence-electron chi connectivity index (χ1n) is 7.90. The zero-order valence-corrected chi connectivity index (χ0v) is 14.8. The van der Waals surface area contributed by atoms with Gasteiger partial charge in [-0.2, -0.15) is 0 Å². The van der Waals surface area contributed by atoms with Gasteiger partial charge in [-0.15, -0.1) is 0 Å². The first-order valence-corrected chi connectivity index (χ1v) is 8.28. The van der Waals surface area contributed by atoms with Crippen LogP contribution >= 0.6 is 11.6 Å². The van der Waals surface area contributed by atoms with E-state index in [0.29, 0.717) is 17.2 Å². The number of amides is 1. The van der Waals surface area contributed by atoms with E-state index >= 15 is 0 Å². The lowest BCUT2D eigenvalue weighted by Gasteiger charge is -2.21. The third-order valence-corrected chi connectivity index (χ3v) is 4.06. The molecule has 0 unspecified atom stereocenters.